The highest BCUT2D eigenvalue weighted by Crippen LogP contribution is 2.27. The number of halogens is 4. The number of nitrogens with zero attached hydrogens (tertiary/aromatic N) is 2. The Morgan fingerprint density at radius 2 is 2.04 bits per heavy atom. The Bertz CT molecular complexity index is 726. The molecule has 130 valence electrons. The second-order valence-corrected chi connectivity index (χ2v) is 6.23. The summed E-state index contributed by atoms with van der Waals surface area (Å²) in [5.74, 6) is -0.547. The van der Waals surface area contributed by atoms with Crippen molar-refractivity contribution in [3.63, 3.8) is 0 Å². The van der Waals surface area contributed by atoms with Crippen molar-refractivity contribution in [3.05, 3.63) is 53.1 Å². The number of rotatable bonds is 5. The fourth-order valence-corrected chi connectivity index (χ4v) is 2.31. The molecule has 0 radical (unpaired) electrons. The predicted octanol–water partition coefficient (Wildman–Crippen LogP) is 4.12. The van der Waals surface area contributed by atoms with Crippen LogP contribution in [-0.4, -0.2) is 21.7 Å². The van der Waals surface area contributed by atoms with Gasteiger partial charge in [0.15, 0.2) is 0 Å². The maximum atomic E-state index is 12.5. The van der Waals surface area contributed by atoms with Gasteiger partial charge in [-0.15, -0.1) is 0 Å². The number of hydrogen-bond donors (Lipinski definition) is 0. The number of aromatic nitrogens is 2. The van der Waals surface area contributed by atoms with E-state index in [4.69, 9.17) is 16.3 Å². The fourth-order valence-electron chi connectivity index (χ4n) is 2.12. The van der Waals surface area contributed by atoms with E-state index in [0.29, 0.717) is 10.6 Å². The van der Waals surface area contributed by atoms with Gasteiger partial charge in [0.25, 0.3) is 0 Å². The van der Waals surface area contributed by atoms with Crippen molar-refractivity contribution in [2.75, 3.05) is 0 Å². The zero-order valence-corrected chi connectivity index (χ0v) is 13.9. The Morgan fingerprint density at radius 3 is 2.67 bits per heavy atom. The summed E-state index contributed by atoms with van der Waals surface area (Å²) >= 11 is 5.92. The van der Waals surface area contributed by atoms with E-state index in [1.807, 2.05) is 0 Å². The zero-order chi connectivity index (χ0) is 18.0. The van der Waals surface area contributed by atoms with Crippen molar-refractivity contribution >= 4 is 17.6 Å². The van der Waals surface area contributed by atoms with Crippen molar-refractivity contribution in [2.24, 2.45) is 0 Å². The molecule has 0 aliphatic heterocycles. The van der Waals surface area contributed by atoms with Gasteiger partial charge < -0.3 is 9.30 Å². The molecular weight excluding hydrogens is 345 g/mol. The summed E-state index contributed by atoms with van der Waals surface area (Å²) in [5.41, 5.74) is -0.342. The summed E-state index contributed by atoms with van der Waals surface area (Å²) in [7, 11) is 0. The monoisotopic (exact) mass is 360 g/mol. The molecule has 0 unspecified atom stereocenters. The van der Waals surface area contributed by atoms with Crippen LogP contribution in [-0.2, 0) is 28.1 Å². The molecule has 1 aromatic carbocycles. The second-order valence-electron chi connectivity index (χ2n) is 5.80. The molecule has 4 nitrogen and oxygen atoms in total. The average molecular weight is 361 g/mol. The molecule has 0 bridgehead atoms. The minimum Gasteiger partial charge on any atom is -0.457 e. The summed E-state index contributed by atoms with van der Waals surface area (Å²) in [6.45, 7) is 1.79. The first kappa shape index (κ1) is 18.3. The quantitative estimate of drug-likeness (QED) is 0.753. The standard InChI is InChI=1S/C16H16ClF3N2O2/c1-15(2,11-4-3-5-12(17)8-11)14(23)24-9-13-21-6-7-22(13)10-16(18,19)20/h3-8H,9-10H2,1-2H3. The molecule has 0 saturated carbocycles. The van der Waals surface area contributed by atoms with Crippen LogP contribution >= 0.6 is 11.6 Å². The van der Waals surface area contributed by atoms with E-state index >= 15 is 0 Å². The van der Waals surface area contributed by atoms with Gasteiger partial charge in [-0.25, -0.2) is 4.98 Å². The highest BCUT2D eigenvalue weighted by Gasteiger charge is 2.33. The van der Waals surface area contributed by atoms with E-state index in [-0.39, 0.29) is 12.4 Å². The van der Waals surface area contributed by atoms with Crippen LogP contribution in [0.25, 0.3) is 0 Å². The first-order valence-electron chi connectivity index (χ1n) is 7.09. The first-order chi connectivity index (χ1) is 11.1. The van der Waals surface area contributed by atoms with Gasteiger partial charge in [-0.3, -0.25) is 4.79 Å². The molecular formula is C16H16ClF3N2O2. The summed E-state index contributed by atoms with van der Waals surface area (Å²) < 4.78 is 43.5. The van der Waals surface area contributed by atoms with Crippen LogP contribution < -0.4 is 0 Å². The van der Waals surface area contributed by atoms with Gasteiger partial charge in [0.1, 0.15) is 19.0 Å². The lowest BCUT2D eigenvalue weighted by molar-refractivity contribution is -0.151. The van der Waals surface area contributed by atoms with Crippen LogP contribution in [0.1, 0.15) is 25.2 Å². The van der Waals surface area contributed by atoms with Crippen molar-refractivity contribution in [1.29, 1.82) is 0 Å². The second kappa shape index (κ2) is 6.84. The maximum Gasteiger partial charge on any atom is 0.406 e. The number of carbonyl (C=O) groups excluding carboxylic acids is 1. The molecule has 0 aliphatic carbocycles. The molecule has 2 rings (SSSR count). The van der Waals surface area contributed by atoms with Gasteiger partial charge in [-0.2, -0.15) is 13.2 Å². The first-order valence-corrected chi connectivity index (χ1v) is 7.47. The topological polar surface area (TPSA) is 44.1 Å². The third-order valence-corrected chi connectivity index (χ3v) is 3.78. The van der Waals surface area contributed by atoms with E-state index in [0.717, 1.165) is 4.57 Å². The van der Waals surface area contributed by atoms with E-state index in [1.54, 1.807) is 38.1 Å². The third-order valence-electron chi connectivity index (χ3n) is 3.54. The van der Waals surface area contributed by atoms with E-state index in [1.165, 1.54) is 12.4 Å². The highest BCUT2D eigenvalue weighted by molar-refractivity contribution is 6.30. The van der Waals surface area contributed by atoms with E-state index < -0.39 is 24.1 Å². The molecule has 0 fully saturated rings. The van der Waals surface area contributed by atoms with Gasteiger partial charge in [0.05, 0.1) is 5.41 Å². The van der Waals surface area contributed by atoms with Crippen LogP contribution in [0, 0.1) is 0 Å². The van der Waals surface area contributed by atoms with Crippen LogP contribution in [0.3, 0.4) is 0 Å². The van der Waals surface area contributed by atoms with Crippen LogP contribution in [0.5, 0.6) is 0 Å². The average Bonchev–Trinajstić information content (AvgIpc) is 2.89. The molecule has 1 heterocycles. The number of ether oxygens (including phenoxy) is 1. The lowest BCUT2D eigenvalue weighted by Gasteiger charge is -2.23. The third kappa shape index (κ3) is 4.50. The van der Waals surface area contributed by atoms with Gasteiger partial charge in [-0.05, 0) is 31.5 Å². The Hall–Kier alpha value is -2.02. The molecule has 1 aromatic heterocycles. The lowest BCUT2D eigenvalue weighted by Crippen LogP contribution is -2.31. The maximum absolute atomic E-state index is 12.5. The molecule has 8 heteroatoms. The number of carbonyl (C=O) groups is 1. The number of esters is 1. The molecule has 24 heavy (non-hydrogen) atoms. The van der Waals surface area contributed by atoms with E-state index in [2.05, 4.69) is 4.98 Å². The van der Waals surface area contributed by atoms with Crippen molar-refractivity contribution in [3.8, 4) is 0 Å². The number of benzene rings is 1. The molecule has 0 N–H and O–H groups in total. The summed E-state index contributed by atoms with van der Waals surface area (Å²) in [6.07, 6.45) is -1.95. The zero-order valence-electron chi connectivity index (χ0n) is 13.1. The van der Waals surface area contributed by atoms with Crippen molar-refractivity contribution < 1.29 is 22.7 Å². The van der Waals surface area contributed by atoms with Crippen molar-refractivity contribution in [2.45, 2.75) is 38.6 Å². The normalized spacial score (nSPS) is 12.2. The predicted molar refractivity (Wildman–Crippen MR) is 82.6 cm³/mol. The smallest absolute Gasteiger partial charge is 0.406 e. The van der Waals surface area contributed by atoms with Gasteiger partial charge in [0.2, 0.25) is 0 Å². The lowest BCUT2D eigenvalue weighted by atomic mass is 9.85. The minimum atomic E-state index is -4.38. The number of imidazole rings is 1. The summed E-state index contributed by atoms with van der Waals surface area (Å²) in [4.78, 5) is 16.1. The SMILES string of the molecule is CC(C)(C(=O)OCc1nccn1CC(F)(F)F)c1cccc(Cl)c1. The fraction of sp³-hybridized carbons (Fsp3) is 0.375. The van der Waals surface area contributed by atoms with Crippen molar-refractivity contribution in [1.82, 2.24) is 9.55 Å². The summed E-state index contributed by atoms with van der Waals surface area (Å²) in [6, 6.07) is 6.77. The molecule has 0 aliphatic rings. The van der Waals surface area contributed by atoms with Gasteiger partial charge >= 0.3 is 12.1 Å². The minimum absolute atomic E-state index is 0.0302. The Morgan fingerprint density at radius 1 is 1.33 bits per heavy atom. The largest absolute Gasteiger partial charge is 0.457 e. The Kier molecular flexibility index (Phi) is 5.22. The van der Waals surface area contributed by atoms with Crippen LogP contribution in [0.2, 0.25) is 5.02 Å². The molecule has 2 aromatic rings. The highest BCUT2D eigenvalue weighted by atomic mass is 35.5. The summed E-state index contributed by atoms with van der Waals surface area (Å²) in [5, 5.41) is 0.481. The number of alkyl halides is 3. The molecule has 0 saturated heterocycles. The van der Waals surface area contributed by atoms with Crippen LogP contribution in [0.15, 0.2) is 36.7 Å². The van der Waals surface area contributed by atoms with Gasteiger partial charge in [-0.1, -0.05) is 23.7 Å². The molecule has 0 atom stereocenters. The molecule has 0 amide bonds. The van der Waals surface area contributed by atoms with Gasteiger partial charge in [0, 0.05) is 17.4 Å². The molecule has 0 spiro atoms. The van der Waals surface area contributed by atoms with Crippen LogP contribution in [0.4, 0.5) is 13.2 Å². The Labute approximate surface area is 142 Å². The number of hydrogen-bond acceptors (Lipinski definition) is 3. The Balaban J connectivity index is 2.07. The van der Waals surface area contributed by atoms with E-state index in [9.17, 15) is 18.0 Å².